The van der Waals surface area contributed by atoms with Crippen molar-refractivity contribution < 1.29 is 13.2 Å². The van der Waals surface area contributed by atoms with E-state index in [2.05, 4.69) is 0 Å². The van der Waals surface area contributed by atoms with E-state index in [-0.39, 0.29) is 21.5 Å². The number of hydrogen-bond acceptors (Lipinski definition) is 4. The molecular formula is C13H18Cl2N2O3S. The van der Waals surface area contributed by atoms with Gasteiger partial charge in [-0.1, -0.05) is 23.2 Å². The van der Waals surface area contributed by atoms with E-state index in [9.17, 15) is 8.42 Å². The van der Waals surface area contributed by atoms with Crippen LogP contribution in [-0.4, -0.2) is 39.5 Å². The summed E-state index contributed by atoms with van der Waals surface area (Å²) in [7, 11) is -2.30. The van der Waals surface area contributed by atoms with Crippen LogP contribution in [0.15, 0.2) is 17.0 Å². The lowest BCUT2D eigenvalue weighted by atomic mass is 10.3. The first kappa shape index (κ1) is 16.8. The number of sulfonamides is 1. The van der Waals surface area contributed by atoms with Crippen LogP contribution < -0.4 is 5.73 Å². The number of anilines is 1. The molecule has 1 aliphatic rings. The Morgan fingerprint density at radius 3 is 2.43 bits per heavy atom. The molecule has 0 atom stereocenters. The Morgan fingerprint density at radius 2 is 1.90 bits per heavy atom. The van der Waals surface area contributed by atoms with E-state index in [4.69, 9.17) is 33.7 Å². The molecule has 0 aromatic heterocycles. The van der Waals surface area contributed by atoms with Crippen LogP contribution in [0, 0.1) is 5.92 Å². The van der Waals surface area contributed by atoms with E-state index < -0.39 is 10.0 Å². The fourth-order valence-corrected chi connectivity index (χ4v) is 4.16. The lowest BCUT2D eigenvalue weighted by Gasteiger charge is -2.19. The highest BCUT2D eigenvalue weighted by molar-refractivity contribution is 7.89. The van der Waals surface area contributed by atoms with Crippen LogP contribution in [0.4, 0.5) is 5.69 Å². The molecule has 1 fully saturated rings. The van der Waals surface area contributed by atoms with Crippen molar-refractivity contribution in [2.24, 2.45) is 5.92 Å². The Morgan fingerprint density at radius 1 is 1.33 bits per heavy atom. The lowest BCUT2D eigenvalue weighted by Crippen LogP contribution is -2.31. The average molecular weight is 353 g/mol. The highest BCUT2D eigenvalue weighted by atomic mass is 35.5. The van der Waals surface area contributed by atoms with Crippen molar-refractivity contribution in [1.29, 1.82) is 0 Å². The first-order valence-electron chi connectivity index (χ1n) is 6.61. The minimum Gasteiger partial charge on any atom is -0.399 e. The van der Waals surface area contributed by atoms with Gasteiger partial charge in [0.1, 0.15) is 4.90 Å². The quantitative estimate of drug-likeness (QED) is 0.604. The Balaban J connectivity index is 2.05. The number of benzene rings is 1. The molecule has 0 aliphatic heterocycles. The van der Waals surface area contributed by atoms with Crippen LogP contribution in [0.2, 0.25) is 10.0 Å². The Labute approximate surface area is 135 Å². The van der Waals surface area contributed by atoms with E-state index in [1.54, 1.807) is 0 Å². The van der Waals surface area contributed by atoms with Gasteiger partial charge in [0.15, 0.2) is 0 Å². The smallest absolute Gasteiger partial charge is 0.245 e. The summed E-state index contributed by atoms with van der Waals surface area (Å²) < 4.78 is 31.6. The highest BCUT2D eigenvalue weighted by Gasteiger charge is 2.27. The molecule has 2 rings (SSSR count). The molecule has 0 spiro atoms. The van der Waals surface area contributed by atoms with Crippen molar-refractivity contribution in [3.63, 3.8) is 0 Å². The predicted molar refractivity (Wildman–Crippen MR) is 84.2 cm³/mol. The standard InChI is InChI=1S/C13H18Cl2N2O3S/c1-17(4-5-20-8-9-2-3-9)21(18,19)13-11(14)6-10(16)7-12(13)15/h6-7,9H,2-5,8,16H2,1H3. The maximum Gasteiger partial charge on any atom is 0.245 e. The van der Waals surface area contributed by atoms with Gasteiger partial charge in [0, 0.05) is 25.9 Å². The molecule has 0 amide bonds. The van der Waals surface area contributed by atoms with Crippen LogP contribution in [0.3, 0.4) is 0 Å². The first-order chi connectivity index (χ1) is 9.82. The third-order valence-electron chi connectivity index (χ3n) is 3.29. The summed E-state index contributed by atoms with van der Waals surface area (Å²) in [5.41, 5.74) is 5.90. The molecule has 21 heavy (non-hydrogen) atoms. The zero-order chi connectivity index (χ0) is 15.6. The average Bonchev–Trinajstić information content (AvgIpc) is 3.16. The topological polar surface area (TPSA) is 72.6 Å². The third-order valence-corrected chi connectivity index (χ3v) is 6.07. The van der Waals surface area contributed by atoms with Crippen LogP contribution in [0.1, 0.15) is 12.8 Å². The van der Waals surface area contributed by atoms with E-state index >= 15 is 0 Å². The van der Waals surface area contributed by atoms with Gasteiger partial charge in [-0.05, 0) is 30.9 Å². The summed E-state index contributed by atoms with van der Waals surface area (Å²) in [5.74, 6) is 0.646. The van der Waals surface area contributed by atoms with E-state index in [1.165, 1.54) is 36.3 Å². The summed E-state index contributed by atoms with van der Waals surface area (Å²) >= 11 is 11.9. The highest BCUT2D eigenvalue weighted by Crippen LogP contribution is 2.33. The summed E-state index contributed by atoms with van der Waals surface area (Å²) in [6.45, 7) is 1.28. The molecule has 118 valence electrons. The van der Waals surface area contributed by atoms with E-state index in [0.717, 1.165) is 0 Å². The van der Waals surface area contributed by atoms with Crippen molar-refractivity contribution in [3.05, 3.63) is 22.2 Å². The van der Waals surface area contributed by atoms with Crippen molar-refractivity contribution in [3.8, 4) is 0 Å². The van der Waals surface area contributed by atoms with Gasteiger partial charge in [0.2, 0.25) is 10.0 Å². The molecule has 2 N–H and O–H groups in total. The second kappa shape index (κ2) is 6.71. The third kappa shape index (κ3) is 4.23. The number of hydrogen-bond donors (Lipinski definition) is 1. The van der Waals surface area contributed by atoms with Gasteiger partial charge >= 0.3 is 0 Å². The number of ether oxygens (including phenoxy) is 1. The van der Waals surface area contributed by atoms with Crippen LogP contribution in [-0.2, 0) is 14.8 Å². The van der Waals surface area contributed by atoms with Crippen LogP contribution in [0.25, 0.3) is 0 Å². The molecule has 1 aromatic rings. The first-order valence-corrected chi connectivity index (χ1v) is 8.80. The summed E-state index contributed by atoms with van der Waals surface area (Å²) in [6, 6.07) is 2.75. The SMILES string of the molecule is CN(CCOCC1CC1)S(=O)(=O)c1c(Cl)cc(N)cc1Cl. The Hall–Kier alpha value is -0.530. The predicted octanol–water partition coefficient (Wildman–Crippen LogP) is 2.62. The van der Waals surface area contributed by atoms with Crippen LogP contribution >= 0.6 is 23.2 Å². The molecule has 1 aromatic carbocycles. The maximum atomic E-state index is 12.5. The summed E-state index contributed by atoms with van der Waals surface area (Å²) in [5, 5.41) is 0.0384. The summed E-state index contributed by atoms with van der Waals surface area (Å²) in [6.07, 6.45) is 2.40. The minimum absolute atomic E-state index is 0.0192. The normalized spacial score (nSPS) is 15.6. The van der Waals surface area contributed by atoms with Crippen molar-refractivity contribution >= 4 is 38.9 Å². The fourth-order valence-electron chi connectivity index (χ4n) is 1.83. The fraction of sp³-hybridized carbons (Fsp3) is 0.538. The Kier molecular flexibility index (Phi) is 5.38. The van der Waals surface area contributed by atoms with Gasteiger partial charge in [-0.15, -0.1) is 0 Å². The van der Waals surface area contributed by atoms with Gasteiger partial charge in [0.05, 0.1) is 16.7 Å². The van der Waals surface area contributed by atoms with Gasteiger partial charge in [-0.2, -0.15) is 4.31 Å². The molecule has 0 heterocycles. The van der Waals surface area contributed by atoms with Gasteiger partial charge in [-0.25, -0.2) is 8.42 Å². The molecule has 0 bridgehead atoms. The largest absolute Gasteiger partial charge is 0.399 e. The molecule has 0 radical (unpaired) electrons. The Bertz CT molecular complexity index is 595. The monoisotopic (exact) mass is 352 g/mol. The maximum absolute atomic E-state index is 12.5. The number of nitrogens with two attached hydrogens (primary N) is 1. The number of nitrogens with zero attached hydrogens (tertiary/aromatic N) is 1. The molecule has 1 saturated carbocycles. The molecule has 8 heteroatoms. The zero-order valence-electron chi connectivity index (χ0n) is 11.7. The minimum atomic E-state index is -3.77. The molecular weight excluding hydrogens is 335 g/mol. The number of likely N-dealkylation sites (N-methyl/N-ethyl adjacent to an activating group) is 1. The van der Waals surface area contributed by atoms with E-state index in [1.807, 2.05) is 0 Å². The zero-order valence-corrected chi connectivity index (χ0v) is 14.0. The van der Waals surface area contributed by atoms with Crippen LogP contribution in [0.5, 0.6) is 0 Å². The van der Waals surface area contributed by atoms with E-state index in [0.29, 0.717) is 24.8 Å². The summed E-state index contributed by atoms with van der Waals surface area (Å²) in [4.78, 5) is -0.121. The second-order valence-electron chi connectivity index (χ2n) is 5.16. The number of nitrogen functional groups attached to an aromatic ring is 1. The molecule has 5 nitrogen and oxygen atoms in total. The second-order valence-corrected chi connectivity index (χ2v) is 7.95. The molecule has 0 saturated heterocycles. The van der Waals surface area contributed by atoms with Gasteiger partial charge in [-0.3, -0.25) is 0 Å². The van der Waals surface area contributed by atoms with Gasteiger partial charge in [0.25, 0.3) is 0 Å². The van der Waals surface area contributed by atoms with Crippen molar-refractivity contribution in [1.82, 2.24) is 4.31 Å². The van der Waals surface area contributed by atoms with Gasteiger partial charge < -0.3 is 10.5 Å². The van der Waals surface area contributed by atoms with Crippen molar-refractivity contribution in [2.75, 3.05) is 32.5 Å². The molecule has 0 unspecified atom stereocenters. The lowest BCUT2D eigenvalue weighted by molar-refractivity contribution is 0.117. The number of halogens is 2. The molecule has 1 aliphatic carbocycles. The van der Waals surface area contributed by atoms with Crippen molar-refractivity contribution in [2.45, 2.75) is 17.7 Å². The number of rotatable bonds is 7.